The number of rotatable bonds is 2. The Morgan fingerprint density at radius 3 is 2.50 bits per heavy atom. The molecule has 0 radical (unpaired) electrons. The number of piperazine rings is 1. The van der Waals surface area contributed by atoms with E-state index < -0.39 is 10.0 Å². The van der Waals surface area contributed by atoms with Crippen LogP contribution in [0.3, 0.4) is 0 Å². The van der Waals surface area contributed by atoms with Crippen molar-refractivity contribution >= 4 is 15.9 Å². The third-order valence-electron chi connectivity index (χ3n) is 4.88. The molecule has 0 spiro atoms. The molecule has 4 rings (SSSR count). The third-order valence-corrected chi connectivity index (χ3v) is 6.88. The molecule has 0 saturated carbocycles. The molecule has 3 aliphatic heterocycles. The van der Waals surface area contributed by atoms with Gasteiger partial charge in [0.05, 0.1) is 13.2 Å². The van der Waals surface area contributed by atoms with Crippen LogP contribution < -0.4 is 9.47 Å². The SMILES string of the molecule is CC(=O)N1CCN(S(=O)(=O)c2c3c(cc4c2OCC4)OCC3)CC1. The van der Waals surface area contributed by atoms with Gasteiger partial charge in [-0.2, -0.15) is 4.31 Å². The topological polar surface area (TPSA) is 76.2 Å². The van der Waals surface area contributed by atoms with Crippen LogP contribution in [0.1, 0.15) is 18.1 Å². The molecule has 1 fully saturated rings. The van der Waals surface area contributed by atoms with Crippen molar-refractivity contribution in [3.8, 4) is 11.5 Å². The summed E-state index contributed by atoms with van der Waals surface area (Å²) in [5.74, 6) is 1.14. The maximum atomic E-state index is 13.3. The fourth-order valence-corrected chi connectivity index (χ4v) is 5.43. The molecule has 0 aliphatic carbocycles. The van der Waals surface area contributed by atoms with Crippen molar-refractivity contribution in [3.63, 3.8) is 0 Å². The number of sulfonamides is 1. The van der Waals surface area contributed by atoms with Crippen LogP contribution in [-0.2, 0) is 27.7 Å². The molecule has 0 atom stereocenters. The second-order valence-corrected chi connectivity index (χ2v) is 8.15. The summed E-state index contributed by atoms with van der Waals surface area (Å²) in [6.45, 7) is 3.96. The number of hydrogen-bond donors (Lipinski definition) is 0. The molecule has 1 saturated heterocycles. The fraction of sp³-hybridized carbons (Fsp3) is 0.562. The predicted molar refractivity (Wildman–Crippen MR) is 85.9 cm³/mol. The van der Waals surface area contributed by atoms with Crippen LogP contribution in [0.2, 0.25) is 0 Å². The maximum Gasteiger partial charge on any atom is 0.247 e. The van der Waals surface area contributed by atoms with Crippen molar-refractivity contribution in [1.29, 1.82) is 0 Å². The Bertz CT molecular complexity index is 765. The van der Waals surface area contributed by atoms with Gasteiger partial charge >= 0.3 is 0 Å². The van der Waals surface area contributed by atoms with Crippen molar-refractivity contribution < 1.29 is 22.7 Å². The zero-order valence-electron chi connectivity index (χ0n) is 13.6. The Balaban J connectivity index is 1.72. The Kier molecular flexibility index (Phi) is 3.69. The first-order chi connectivity index (χ1) is 11.5. The monoisotopic (exact) mass is 352 g/mol. The second kappa shape index (κ2) is 5.63. The van der Waals surface area contributed by atoms with Gasteiger partial charge in [0.15, 0.2) is 0 Å². The summed E-state index contributed by atoms with van der Waals surface area (Å²) in [7, 11) is -3.67. The first-order valence-electron chi connectivity index (χ1n) is 8.18. The van der Waals surface area contributed by atoms with Crippen LogP contribution in [0.25, 0.3) is 0 Å². The summed E-state index contributed by atoms with van der Waals surface area (Å²) < 4.78 is 39.3. The van der Waals surface area contributed by atoms with Gasteiger partial charge in [-0.15, -0.1) is 0 Å². The molecule has 0 N–H and O–H groups in total. The molecule has 7 nitrogen and oxygen atoms in total. The van der Waals surface area contributed by atoms with Gasteiger partial charge in [0, 0.05) is 57.1 Å². The Morgan fingerprint density at radius 1 is 1.08 bits per heavy atom. The first-order valence-corrected chi connectivity index (χ1v) is 9.62. The van der Waals surface area contributed by atoms with Gasteiger partial charge in [0.25, 0.3) is 0 Å². The molecule has 0 unspecified atom stereocenters. The lowest BCUT2D eigenvalue weighted by Gasteiger charge is -2.34. The van der Waals surface area contributed by atoms with Crippen LogP contribution in [0.15, 0.2) is 11.0 Å². The smallest absolute Gasteiger partial charge is 0.247 e. The van der Waals surface area contributed by atoms with E-state index in [1.54, 1.807) is 4.90 Å². The molecular formula is C16H20N2O5S. The number of nitrogens with zero attached hydrogens (tertiary/aromatic N) is 2. The highest BCUT2D eigenvalue weighted by Crippen LogP contribution is 2.44. The quantitative estimate of drug-likeness (QED) is 0.771. The average molecular weight is 352 g/mol. The molecule has 1 aromatic rings. The minimum Gasteiger partial charge on any atom is -0.493 e. The molecule has 0 aromatic heterocycles. The molecule has 3 heterocycles. The fourth-order valence-electron chi connectivity index (χ4n) is 3.59. The molecule has 0 bridgehead atoms. The number of carbonyl (C=O) groups is 1. The third kappa shape index (κ3) is 2.36. The van der Waals surface area contributed by atoms with E-state index in [-0.39, 0.29) is 10.8 Å². The van der Waals surface area contributed by atoms with Gasteiger partial charge in [-0.1, -0.05) is 0 Å². The minimum absolute atomic E-state index is 0.0229. The summed E-state index contributed by atoms with van der Waals surface area (Å²) in [5.41, 5.74) is 1.63. The molecule has 1 amide bonds. The van der Waals surface area contributed by atoms with Crippen LogP contribution in [0.5, 0.6) is 11.5 Å². The number of fused-ring (bicyclic) bond motifs is 2. The highest BCUT2D eigenvalue weighted by Gasteiger charge is 2.38. The normalized spacial score (nSPS) is 20.3. The van der Waals surface area contributed by atoms with Crippen molar-refractivity contribution in [2.45, 2.75) is 24.7 Å². The molecular weight excluding hydrogens is 332 g/mol. The van der Waals surface area contributed by atoms with Crippen molar-refractivity contribution in [2.75, 3.05) is 39.4 Å². The maximum absolute atomic E-state index is 13.3. The number of hydrogen-bond acceptors (Lipinski definition) is 5. The molecule has 3 aliphatic rings. The summed E-state index contributed by atoms with van der Waals surface area (Å²) in [6, 6.07) is 1.91. The van der Waals surface area contributed by atoms with Gasteiger partial charge in [0.2, 0.25) is 15.9 Å². The lowest BCUT2D eigenvalue weighted by atomic mass is 10.1. The molecule has 130 valence electrons. The van der Waals surface area contributed by atoms with E-state index in [9.17, 15) is 13.2 Å². The highest BCUT2D eigenvalue weighted by atomic mass is 32.2. The van der Waals surface area contributed by atoms with E-state index in [1.807, 2.05) is 6.07 Å². The first kappa shape index (κ1) is 15.7. The van der Waals surface area contributed by atoms with E-state index >= 15 is 0 Å². The van der Waals surface area contributed by atoms with Crippen LogP contribution in [-0.4, -0.2) is 62.9 Å². The van der Waals surface area contributed by atoms with E-state index in [1.165, 1.54) is 11.2 Å². The van der Waals surface area contributed by atoms with Crippen LogP contribution in [0.4, 0.5) is 0 Å². The summed E-state index contributed by atoms with van der Waals surface area (Å²) in [6.07, 6.45) is 1.28. The highest BCUT2D eigenvalue weighted by molar-refractivity contribution is 7.89. The summed E-state index contributed by atoms with van der Waals surface area (Å²) in [5, 5.41) is 0. The van der Waals surface area contributed by atoms with Crippen LogP contribution in [0, 0.1) is 0 Å². The van der Waals surface area contributed by atoms with E-state index in [4.69, 9.17) is 9.47 Å². The number of ether oxygens (including phenoxy) is 2. The van der Waals surface area contributed by atoms with Gasteiger partial charge in [0.1, 0.15) is 16.4 Å². The van der Waals surface area contributed by atoms with E-state index in [0.717, 1.165) is 11.1 Å². The zero-order chi connectivity index (χ0) is 16.9. The summed E-state index contributed by atoms with van der Waals surface area (Å²) >= 11 is 0. The lowest BCUT2D eigenvalue weighted by Crippen LogP contribution is -2.50. The molecule has 8 heteroatoms. The van der Waals surface area contributed by atoms with Crippen molar-refractivity contribution in [2.24, 2.45) is 0 Å². The van der Waals surface area contributed by atoms with E-state index in [2.05, 4.69) is 0 Å². The van der Waals surface area contributed by atoms with Crippen molar-refractivity contribution in [1.82, 2.24) is 9.21 Å². The number of carbonyl (C=O) groups excluding carboxylic acids is 1. The predicted octanol–water partition coefficient (Wildman–Crippen LogP) is 0.409. The van der Waals surface area contributed by atoms with Crippen molar-refractivity contribution in [3.05, 3.63) is 17.2 Å². The minimum atomic E-state index is -3.67. The van der Waals surface area contributed by atoms with Gasteiger partial charge in [-0.05, 0) is 6.07 Å². The van der Waals surface area contributed by atoms with E-state index in [0.29, 0.717) is 63.7 Å². The Labute approximate surface area is 141 Å². The molecule has 24 heavy (non-hydrogen) atoms. The zero-order valence-corrected chi connectivity index (χ0v) is 14.4. The van der Waals surface area contributed by atoms with Gasteiger partial charge in [-0.3, -0.25) is 4.79 Å². The van der Waals surface area contributed by atoms with Crippen LogP contribution >= 0.6 is 0 Å². The molecule has 1 aromatic carbocycles. The Hall–Kier alpha value is -1.80. The average Bonchev–Trinajstić information content (AvgIpc) is 3.20. The second-order valence-electron chi connectivity index (χ2n) is 6.28. The summed E-state index contributed by atoms with van der Waals surface area (Å²) in [4.78, 5) is 13.4. The van der Waals surface area contributed by atoms with Gasteiger partial charge < -0.3 is 14.4 Å². The van der Waals surface area contributed by atoms with Gasteiger partial charge in [-0.25, -0.2) is 8.42 Å². The standard InChI is InChI=1S/C16H20N2O5S/c1-11(19)17-4-6-18(7-5-17)24(20,21)16-13-3-9-22-14(13)10-12-2-8-23-15(12)16/h10H,2-9H2,1H3. The lowest BCUT2D eigenvalue weighted by molar-refractivity contribution is -0.129. The number of benzene rings is 1. The number of amides is 1. The Morgan fingerprint density at radius 2 is 1.79 bits per heavy atom. The largest absolute Gasteiger partial charge is 0.493 e.